The lowest BCUT2D eigenvalue weighted by molar-refractivity contribution is 0.170. The summed E-state index contributed by atoms with van der Waals surface area (Å²) in [4.78, 5) is 10.8. The summed E-state index contributed by atoms with van der Waals surface area (Å²) in [6, 6.07) is 0. The first-order valence-corrected chi connectivity index (χ1v) is 6.73. The van der Waals surface area contributed by atoms with E-state index in [4.69, 9.17) is 5.11 Å². The molecule has 106 valence electrons. The quantitative estimate of drug-likeness (QED) is 0.689. The Morgan fingerprint density at radius 3 is 2.17 bits per heavy atom. The number of amides is 1. The van der Waals surface area contributed by atoms with Crippen molar-refractivity contribution in [2.75, 3.05) is 0 Å². The van der Waals surface area contributed by atoms with Crippen molar-refractivity contribution >= 4 is 6.09 Å². The highest BCUT2D eigenvalue weighted by Crippen LogP contribution is 2.39. The van der Waals surface area contributed by atoms with Crippen molar-refractivity contribution < 1.29 is 9.90 Å². The van der Waals surface area contributed by atoms with E-state index in [9.17, 15) is 4.79 Å². The fourth-order valence-electron chi connectivity index (χ4n) is 3.10. The van der Waals surface area contributed by atoms with Gasteiger partial charge in [0.15, 0.2) is 0 Å². The van der Waals surface area contributed by atoms with Crippen LogP contribution in [0.25, 0.3) is 0 Å². The first-order valence-electron chi connectivity index (χ1n) is 6.73. The van der Waals surface area contributed by atoms with Crippen LogP contribution < -0.4 is 5.32 Å². The Morgan fingerprint density at radius 1 is 1.33 bits per heavy atom. The van der Waals surface area contributed by atoms with Crippen LogP contribution in [0.2, 0.25) is 0 Å². The normalized spacial score (nSPS) is 15.4. The zero-order chi connectivity index (χ0) is 14.6. The number of hydrogen-bond acceptors (Lipinski definition) is 1. The van der Waals surface area contributed by atoms with Crippen molar-refractivity contribution in [1.29, 1.82) is 0 Å². The number of carbonyl (C=O) groups is 1. The van der Waals surface area contributed by atoms with Crippen molar-refractivity contribution in [3.8, 4) is 0 Å². The van der Waals surface area contributed by atoms with Gasteiger partial charge in [0.05, 0.1) is 0 Å². The highest BCUT2D eigenvalue weighted by atomic mass is 16.4. The zero-order valence-corrected chi connectivity index (χ0v) is 12.9. The van der Waals surface area contributed by atoms with E-state index in [1.807, 2.05) is 13.8 Å². The van der Waals surface area contributed by atoms with Crippen molar-refractivity contribution in [3.05, 3.63) is 11.6 Å². The molecule has 18 heavy (non-hydrogen) atoms. The maximum Gasteiger partial charge on any atom is 0.405 e. The Labute approximate surface area is 112 Å². The molecule has 0 aliphatic rings. The molecule has 0 bridgehead atoms. The SMILES string of the molecule is C/C=C(\C(C)CC)C(C)(C)CC(C)(C)NC(=O)O. The lowest BCUT2D eigenvalue weighted by Crippen LogP contribution is -2.46. The summed E-state index contributed by atoms with van der Waals surface area (Å²) in [5, 5.41) is 11.5. The molecule has 3 nitrogen and oxygen atoms in total. The highest BCUT2D eigenvalue weighted by Gasteiger charge is 2.33. The number of nitrogens with one attached hydrogen (secondary N) is 1. The second-order valence-electron chi connectivity index (χ2n) is 6.43. The Bertz CT molecular complexity index is 316. The molecular formula is C15H29NO2. The van der Waals surface area contributed by atoms with E-state index in [-0.39, 0.29) is 5.41 Å². The molecule has 0 spiro atoms. The first-order chi connectivity index (χ1) is 8.05. The third-order valence-corrected chi connectivity index (χ3v) is 3.56. The van der Waals surface area contributed by atoms with E-state index in [1.54, 1.807) is 0 Å². The van der Waals surface area contributed by atoms with Crippen molar-refractivity contribution in [2.45, 2.75) is 66.8 Å². The minimum Gasteiger partial charge on any atom is -0.465 e. The lowest BCUT2D eigenvalue weighted by atomic mass is 9.70. The molecule has 1 unspecified atom stereocenters. The highest BCUT2D eigenvalue weighted by molar-refractivity contribution is 5.65. The molecule has 0 heterocycles. The molecule has 0 fully saturated rings. The van der Waals surface area contributed by atoms with Gasteiger partial charge in [-0.3, -0.25) is 0 Å². The van der Waals surface area contributed by atoms with Crippen LogP contribution in [-0.2, 0) is 0 Å². The second kappa shape index (κ2) is 6.26. The molecule has 0 aromatic heterocycles. The van der Waals surface area contributed by atoms with Crippen LogP contribution in [0.5, 0.6) is 0 Å². The van der Waals surface area contributed by atoms with Crippen LogP contribution in [0.4, 0.5) is 4.79 Å². The van der Waals surface area contributed by atoms with Gasteiger partial charge in [-0.25, -0.2) is 4.79 Å². The van der Waals surface area contributed by atoms with E-state index in [0.29, 0.717) is 5.92 Å². The smallest absolute Gasteiger partial charge is 0.405 e. The van der Waals surface area contributed by atoms with Gasteiger partial charge < -0.3 is 10.4 Å². The molecular weight excluding hydrogens is 226 g/mol. The van der Waals surface area contributed by atoms with Crippen LogP contribution in [0, 0.1) is 11.3 Å². The lowest BCUT2D eigenvalue weighted by Gasteiger charge is -2.38. The summed E-state index contributed by atoms with van der Waals surface area (Å²) in [5.74, 6) is 0.533. The standard InChI is InChI=1S/C15H29NO2/c1-8-11(3)12(9-2)14(4,5)10-15(6,7)16-13(17)18/h9,11,16H,8,10H2,1-7H3,(H,17,18)/b12-9+. The second-order valence-corrected chi connectivity index (χ2v) is 6.43. The average molecular weight is 255 g/mol. The summed E-state index contributed by atoms with van der Waals surface area (Å²) in [5.41, 5.74) is 0.984. The Morgan fingerprint density at radius 2 is 1.83 bits per heavy atom. The Kier molecular flexibility index (Phi) is 5.91. The predicted octanol–water partition coefficient (Wildman–Crippen LogP) is 4.44. The molecule has 0 rings (SSSR count). The molecule has 0 aliphatic heterocycles. The van der Waals surface area contributed by atoms with Crippen LogP contribution in [-0.4, -0.2) is 16.7 Å². The molecule has 1 amide bonds. The number of hydrogen-bond donors (Lipinski definition) is 2. The van der Waals surface area contributed by atoms with Crippen LogP contribution in [0.1, 0.15) is 61.3 Å². The predicted molar refractivity (Wildman–Crippen MR) is 76.8 cm³/mol. The molecule has 1 atom stereocenters. The molecule has 0 aromatic rings. The van der Waals surface area contributed by atoms with Gasteiger partial charge in [-0.2, -0.15) is 0 Å². The average Bonchev–Trinajstić information content (AvgIpc) is 2.13. The van der Waals surface area contributed by atoms with Crippen LogP contribution >= 0.6 is 0 Å². The van der Waals surface area contributed by atoms with Gasteiger partial charge in [-0.05, 0) is 44.9 Å². The van der Waals surface area contributed by atoms with Gasteiger partial charge in [0.2, 0.25) is 0 Å². The molecule has 2 N–H and O–H groups in total. The third-order valence-electron chi connectivity index (χ3n) is 3.56. The molecule has 0 saturated carbocycles. The van der Waals surface area contributed by atoms with E-state index in [0.717, 1.165) is 12.8 Å². The maximum atomic E-state index is 10.8. The van der Waals surface area contributed by atoms with Gasteiger partial charge in [0, 0.05) is 5.54 Å². The van der Waals surface area contributed by atoms with Crippen molar-refractivity contribution in [2.24, 2.45) is 11.3 Å². The minimum absolute atomic E-state index is 0.00384. The summed E-state index contributed by atoms with van der Waals surface area (Å²) in [6.45, 7) is 14.7. The Hall–Kier alpha value is -0.990. The largest absolute Gasteiger partial charge is 0.465 e. The molecule has 0 saturated heterocycles. The fraction of sp³-hybridized carbons (Fsp3) is 0.800. The first kappa shape index (κ1) is 17.0. The summed E-state index contributed by atoms with van der Waals surface area (Å²) in [6.07, 6.45) is 3.12. The summed E-state index contributed by atoms with van der Waals surface area (Å²) in [7, 11) is 0. The minimum atomic E-state index is -0.957. The van der Waals surface area contributed by atoms with Crippen LogP contribution in [0.3, 0.4) is 0 Å². The zero-order valence-electron chi connectivity index (χ0n) is 12.9. The van der Waals surface area contributed by atoms with E-state index in [2.05, 4.69) is 46.0 Å². The topological polar surface area (TPSA) is 49.3 Å². The molecule has 0 aromatic carbocycles. The van der Waals surface area contributed by atoms with Gasteiger partial charge in [0.25, 0.3) is 0 Å². The van der Waals surface area contributed by atoms with Crippen molar-refractivity contribution in [3.63, 3.8) is 0 Å². The van der Waals surface area contributed by atoms with Gasteiger partial charge in [0.1, 0.15) is 0 Å². The van der Waals surface area contributed by atoms with E-state index >= 15 is 0 Å². The maximum absolute atomic E-state index is 10.8. The molecule has 0 aliphatic carbocycles. The van der Waals surface area contributed by atoms with Gasteiger partial charge in [-0.1, -0.05) is 39.3 Å². The summed E-state index contributed by atoms with van der Waals surface area (Å²) < 4.78 is 0. The number of rotatable bonds is 6. The number of allylic oxidation sites excluding steroid dienone is 2. The van der Waals surface area contributed by atoms with E-state index < -0.39 is 11.6 Å². The van der Waals surface area contributed by atoms with Crippen molar-refractivity contribution in [1.82, 2.24) is 5.32 Å². The van der Waals surface area contributed by atoms with Gasteiger partial charge >= 0.3 is 6.09 Å². The summed E-state index contributed by atoms with van der Waals surface area (Å²) >= 11 is 0. The van der Waals surface area contributed by atoms with Crippen LogP contribution in [0.15, 0.2) is 11.6 Å². The molecule has 3 heteroatoms. The monoisotopic (exact) mass is 255 g/mol. The Balaban J connectivity index is 4.98. The molecule has 0 radical (unpaired) electrons. The van der Waals surface area contributed by atoms with Gasteiger partial charge in [-0.15, -0.1) is 0 Å². The van der Waals surface area contributed by atoms with E-state index in [1.165, 1.54) is 5.57 Å². The number of carboxylic acid groups (broad SMARTS) is 1. The third kappa shape index (κ3) is 5.11. The fourth-order valence-corrected chi connectivity index (χ4v) is 3.10.